The minimum absolute atomic E-state index is 0.216. The first kappa shape index (κ1) is 24.7. The number of fused-ring (bicyclic) bond motifs is 1. The lowest BCUT2D eigenvalue weighted by Crippen LogP contribution is -2.38. The normalized spacial score (nSPS) is 19.7. The van der Waals surface area contributed by atoms with Gasteiger partial charge >= 0.3 is 0 Å². The van der Waals surface area contributed by atoms with Crippen molar-refractivity contribution in [3.63, 3.8) is 0 Å². The maximum atomic E-state index is 13.2. The third-order valence-electron chi connectivity index (χ3n) is 6.36. The van der Waals surface area contributed by atoms with Crippen molar-refractivity contribution in [2.45, 2.75) is 32.7 Å². The molecule has 2 aromatic rings. The average molecular weight is 479 g/mol. The Morgan fingerprint density at radius 1 is 1.31 bits per heavy atom. The van der Waals surface area contributed by atoms with E-state index in [4.69, 9.17) is 9.47 Å². The van der Waals surface area contributed by atoms with Crippen molar-refractivity contribution in [2.24, 2.45) is 0 Å². The lowest BCUT2D eigenvalue weighted by molar-refractivity contribution is 0.0320. The molecule has 2 unspecified atom stereocenters. The largest absolute Gasteiger partial charge is 0.476 e. The van der Waals surface area contributed by atoms with Crippen LogP contribution in [0.2, 0.25) is 0 Å². The summed E-state index contributed by atoms with van der Waals surface area (Å²) in [5.74, 6) is 0.682. The number of rotatable bonds is 9. The van der Waals surface area contributed by atoms with E-state index in [1.165, 1.54) is 5.56 Å². The van der Waals surface area contributed by atoms with Gasteiger partial charge in [-0.3, -0.25) is 14.6 Å². The molecular formula is C26H34N6O3. The number of anilines is 3. The zero-order valence-corrected chi connectivity index (χ0v) is 20.7. The van der Waals surface area contributed by atoms with Crippen LogP contribution in [0.5, 0.6) is 5.88 Å². The van der Waals surface area contributed by atoms with Crippen LogP contribution in [-0.2, 0) is 4.74 Å². The van der Waals surface area contributed by atoms with Crippen LogP contribution in [0, 0.1) is 0 Å². The predicted molar refractivity (Wildman–Crippen MR) is 138 cm³/mol. The fourth-order valence-electron chi connectivity index (χ4n) is 4.18. The van der Waals surface area contributed by atoms with Gasteiger partial charge in [0.05, 0.1) is 13.2 Å². The Morgan fingerprint density at radius 2 is 2.11 bits per heavy atom. The molecule has 0 aliphatic carbocycles. The summed E-state index contributed by atoms with van der Waals surface area (Å²) in [7, 11) is 0. The van der Waals surface area contributed by atoms with Gasteiger partial charge in [0.15, 0.2) is 0 Å². The summed E-state index contributed by atoms with van der Waals surface area (Å²) in [4.78, 5) is 26.1. The van der Waals surface area contributed by atoms with Crippen molar-refractivity contribution in [2.75, 3.05) is 55.0 Å². The summed E-state index contributed by atoms with van der Waals surface area (Å²) < 4.78 is 11.3. The van der Waals surface area contributed by atoms with Gasteiger partial charge in [-0.2, -0.15) is 4.98 Å². The van der Waals surface area contributed by atoms with E-state index in [9.17, 15) is 4.79 Å². The molecule has 1 aromatic heterocycles. The SMILES string of the molecule is C=CN(/C=C\C)c1nc(OCCN2CCOCC2)cc(C(=O)Nc2ccc3c(c2)C(C)C(C)N3)n1. The minimum Gasteiger partial charge on any atom is -0.476 e. The van der Waals surface area contributed by atoms with Crippen LogP contribution >= 0.6 is 0 Å². The molecule has 9 heteroatoms. The van der Waals surface area contributed by atoms with E-state index in [-0.39, 0.29) is 11.6 Å². The Kier molecular flexibility index (Phi) is 7.99. The number of ether oxygens (including phenoxy) is 2. The second kappa shape index (κ2) is 11.3. The number of hydrogen-bond acceptors (Lipinski definition) is 8. The Morgan fingerprint density at radius 3 is 2.86 bits per heavy atom. The number of hydrogen-bond donors (Lipinski definition) is 2. The molecule has 4 rings (SSSR count). The number of carbonyl (C=O) groups excluding carboxylic acids is 1. The maximum absolute atomic E-state index is 13.2. The van der Waals surface area contributed by atoms with E-state index >= 15 is 0 Å². The van der Waals surface area contributed by atoms with E-state index < -0.39 is 0 Å². The monoisotopic (exact) mass is 478 g/mol. The number of nitrogens with zero attached hydrogens (tertiary/aromatic N) is 4. The molecule has 1 saturated heterocycles. The predicted octanol–water partition coefficient (Wildman–Crippen LogP) is 3.84. The molecule has 1 fully saturated rings. The molecule has 2 aliphatic heterocycles. The molecule has 0 spiro atoms. The maximum Gasteiger partial charge on any atom is 0.274 e. The van der Waals surface area contributed by atoms with E-state index in [0.717, 1.165) is 44.2 Å². The molecule has 2 N–H and O–H groups in total. The Bertz CT molecular complexity index is 1080. The van der Waals surface area contributed by atoms with Crippen molar-refractivity contribution in [3.8, 4) is 5.88 Å². The van der Waals surface area contributed by atoms with Gasteiger partial charge in [0, 0.05) is 61.4 Å². The molecule has 0 radical (unpaired) electrons. The summed E-state index contributed by atoms with van der Waals surface area (Å²) in [6.45, 7) is 14.5. The number of nitrogens with one attached hydrogen (secondary N) is 2. The summed E-state index contributed by atoms with van der Waals surface area (Å²) in [5.41, 5.74) is 3.24. The number of aromatic nitrogens is 2. The lowest BCUT2D eigenvalue weighted by Gasteiger charge is -2.26. The molecule has 2 atom stereocenters. The highest BCUT2D eigenvalue weighted by Crippen LogP contribution is 2.37. The van der Waals surface area contributed by atoms with Gasteiger partial charge in [-0.05, 0) is 37.6 Å². The van der Waals surface area contributed by atoms with Crippen LogP contribution in [0.25, 0.3) is 0 Å². The van der Waals surface area contributed by atoms with E-state index in [1.54, 1.807) is 23.4 Å². The Hall–Kier alpha value is -3.43. The third-order valence-corrected chi connectivity index (χ3v) is 6.36. The van der Waals surface area contributed by atoms with Gasteiger partial charge in [-0.15, -0.1) is 0 Å². The van der Waals surface area contributed by atoms with Crippen LogP contribution in [0.1, 0.15) is 42.7 Å². The summed E-state index contributed by atoms with van der Waals surface area (Å²) >= 11 is 0. The first-order valence-electron chi connectivity index (χ1n) is 12.1. The topological polar surface area (TPSA) is 91.8 Å². The van der Waals surface area contributed by atoms with Crippen molar-refractivity contribution >= 4 is 23.2 Å². The van der Waals surface area contributed by atoms with Crippen LogP contribution in [0.15, 0.2) is 49.3 Å². The van der Waals surface area contributed by atoms with Gasteiger partial charge in [-0.1, -0.05) is 19.6 Å². The molecular weight excluding hydrogens is 444 g/mol. The Labute approximate surface area is 206 Å². The van der Waals surface area contributed by atoms with E-state index in [2.05, 4.69) is 45.9 Å². The average Bonchev–Trinajstić information content (AvgIpc) is 3.15. The molecule has 9 nitrogen and oxygen atoms in total. The summed E-state index contributed by atoms with van der Waals surface area (Å²) in [6, 6.07) is 7.85. The first-order valence-corrected chi connectivity index (χ1v) is 12.1. The molecule has 2 aliphatic rings. The van der Waals surface area contributed by atoms with Crippen LogP contribution < -0.4 is 20.3 Å². The third kappa shape index (κ3) is 5.98. The van der Waals surface area contributed by atoms with E-state index in [0.29, 0.717) is 30.4 Å². The highest BCUT2D eigenvalue weighted by atomic mass is 16.5. The second-order valence-corrected chi connectivity index (χ2v) is 8.74. The van der Waals surface area contributed by atoms with Gasteiger partial charge in [0.1, 0.15) is 12.3 Å². The van der Waals surface area contributed by atoms with Crippen LogP contribution in [-0.4, -0.2) is 66.3 Å². The van der Waals surface area contributed by atoms with Crippen molar-refractivity contribution in [1.29, 1.82) is 0 Å². The molecule has 3 heterocycles. The van der Waals surface area contributed by atoms with Crippen LogP contribution in [0.3, 0.4) is 0 Å². The minimum atomic E-state index is -0.331. The summed E-state index contributed by atoms with van der Waals surface area (Å²) in [6.07, 6.45) is 5.21. The lowest BCUT2D eigenvalue weighted by atomic mass is 9.98. The number of carbonyl (C=O) groups is 1. The molecule has 0 bridgehead atoms. The Balaban J connectivity index is 1.52. The highest BCUT2D eigenvalue weighted by molar-refractivity contribution is 6.03. The van der Waals surface area contributed by atoms with Crippen molar-refractivity contribution in [3.05, 3.63) is 60.6 Å². The molecule has 0 saturated carbocycles. The molecule has 186 valence electrons. The fourth-order valence-corrected chi connectivity index (χ4v) is 4.18. The van der Waals surface area contributed by atoms with Crippen LogP contribution in [0.4, 0.5) is 17.3 Å². The molecule has 35 heavy (non-hydrogen) atoms. The van der Waals surface area contributed by atoms with Crippen molar-refractivity contribution < 1.29 is 14.3 Å². The number of amides is 1. The molecule has 1 amide bonds. The van der Waals surface area contributed by atoms with Gasteiger partial charge in [0.25, 0.3) is 5.91 Å². The van der Waals surface area contributed by atoms with Gasteiger partial charge in [0.2, 0.25) is 11.8 Å². The van der Waals surface area contributed by atoms with Gasteiger partial charge in [-0.25, -0.2) is 4.98 Å². The number of morpholine rings is 1. The fraction of sp³-hybridized carbons (Fsp3) is 0.423. The second-order valence-electron chi connectivity index (χ2n) is 8.74. The smallest absolute Gasteiger partial charge is 0.274 e. The quantitative estimate of drug-likeness (QED) is 0.562. The number of allylic oxidation sites excluding steroid dienone is 1. The van der Waals surface area contributed by atoms with E-state index in [1.807, 2.05) is 31.2 Å². The number of benzene rings is 1. The van der Waals surface area contributed by atoms with Gasteiger partial charge < -0.3 is 20.1 Å². The molecule has 1 aromatic carbocycles. The highest BCUT2D eigenvalue weighted by Gasteiger charge is 2.25. The summed E-state index contributed by atoms with van der Waals surface area (Å²) in [5, 5.41) is 6.44. The zero-order valence-electron chi connectivity index (χ0n) is 20.7. The standard InChI is InChI=1S/C26H34N6O3/c1-5-9-32(6-2)26-29-23(17-24(30-26)35-15-12-31-10-13-34-14-11-31)25(33)28-20-7-8-22-21(16-20)18(3)19(4)27-22/h5-9,16-19,27H,2,10-15H2,1,3-4H3,(H,28,33)/b9-5-. The zero-order chi connectivity index (χ0) is 24.8. The van der Waals surface area contributed by atoms with Crippen molar-refractivity contribution in [1.82, 2.24) is 14.9 Å². The first-order chi connectivity index (χ1) is 17.0.